The van der Waals surface area contributed by atoms with Gasteiger partial charge < -0.3 is 14.8 Å². The fourth-order valence-corrected chi connectivity index (χ4v) is 1.85. The van der Waals surface area contributed by atoms with E-state index in [4.69, 9.17) is 0 Å². The molecule has 1 N–H and O–H groups in total. The van der Waals surface area contributed by atoms with Crippen molar-refractivity contribution in [1.82, 2.24) is 14.9 Å². The van der Waals surface area contributed by atoms with Gasteiger partial charge in [-0.25, -0.2) is 4.98 Å². The lowest BCUT2D eigenvalue weighted by Crippen LogP contribution is -2.28. The van der Waals surface area contributed by atoms with Crippen molar-refractivity contribution in [2.45, 2.75) is 0 Å². The minimum Gasteiger partial charge on any atom is -0.344 e. The van der Waals surface area contributed by atoms with Gasteiger partial charge in [0.25, 0.3) is 0 Å². The maximum Gasteiger partial charge on any atom is 0.206 e. The summed E-state index contributed by atoms with van der Waals surface area (Å²) < 4.78 is 2.13. The van der Waals surface area contributed by atoms with Crippen molar-refractivity contribution in [2.75, 3.05) is 32.1 Å². The fraction of sp³-hybridized carbons (Fsp3) is 0.417. The molecule has 0 bridgehead atoms. The highest BCUT2D eigenvalue weighted by Gasteiger charge is 2.10. The number of nitrogens with zero attached hydrogens (tertiary/aromatic N) is 3. The Hall–Kier alpha value is -1.55. The molecular weight excluding hydrogens is 200 g/mol. The van der Waals surface area contributed by atoms with Gasteiger partial charge in [-0.3, -0.25) is 0 Å². The lowest BCUT2D eigenvalue weighted by atomic mass is 10.3. The molecule has 1 aromatic heterocycles. The molecule has 0 fully saturated rings. The number of imidazole rings is 1. The smallest absolute Gasteiger partial charge is 0.206 e. The first-order valence-electron chi connectivity index (χ1n) is 5.51. The fourth-order valence-electron chi connectivity index (χ4n) is 1.85. The van der Waals surface area contributed by atoms with Gasteiger partial charge in [-0.2, -0.15) is 0 Å². The lowest BCUT2D eigenvalue weighted by Gasteiger charge is -2.17. The largest absolute Gasteiger partial charge is 0.344 e. The van der Waals surface area contributed by atoms with Crippen LogP contribution in [0.15, 0.2) is 24.3 Å². The number of para-hydroxylation sites is 2. The first-order valence-corrected chi connectivity index (χ1v) is 5.51. The molecule has 0 aliphatic carbocycles. The topological polar surface area (TPSA) is 33.1 Å². The molecule has 1 heterocycles. The van der Waals surface area contributed by atoms with Crippen LogP contribution in [0, 0.1) is 0 Å². The van der Waals surface area contributed by atoms with Crippen molar-refractivity contribution in [3.63, 3.8) is 0 Å². The molecular formula is C12H18N4. The molecule has 0 amide bonds. The standard InChI is InChI=1S/C12H18N4/c1-13-8-9-15(2)12-14-10-6-4-5-7-11(10)16(12)3/h4-7,13H,8-9H2,1-3H3. The van der Waals surface area contributed by atoms with Crippen LogP contribution >= 0.6 is 0 Å². The molecule has 0 radical (unpaired) electrons. The van der Waals surface area contributed by atoms with Gasteiger partial charge in [0, 0.05) is 27.2 Å². The van der Waals surface area contributed by atoms with Gasteiger partial charge in [-0.05, 0) is 19.2 Å². The molecule has 2 rings (SSSR count). The molecule has 0 atom stereocenters. The Morgan fingerprint density at radius 3 is 2.81 bits per heavy atom. The third kappa shape index (κ3) is 1.88. The number of benzene rings is 1. The average Bonchev–Trinajstić information content (AvgIpc) is 2.64. The van der Waals surface area contributed by atoms with Gasteiger partial charge >= 0.3 is 0 Å². The summed E-state index contributed by atoms with van der Waals surface area (Å²) in [6, 6.07) is 8.20. The highest BCUT2D eigenvalue weighted by atomic mass is 15.3. The number of hydrogen-bond acceptors (Lipinski definition) is 3. The minimum absolute atomic E-state index is 0.952. The third-order valence-corrected chi connectivity index (χ3v) is 2.80. The number of anilines is 1. The van der Waals surface area contributed by atoms with E-state index in [-0.39, 0.29) is 0 Å². The lowest BCUT2D eigenvalue weighted by molar-refractivity contribution is 0.740. The molecule has 0 aliphatic heterocycles. The molecule has 86 valence electrons. The van der Waals surface area contributed by atoms with Crippen molar-refractivity contribution in [3.8, 4) is 0 Å². The Morgan fingerprint density at radius 2 is 2.12 bits per heavy atom. The van der Waals surface area contributed by atoms with Crippen LogP contribution in [0.2, 0.25) is 0 Å². The zero-order valence-electron chi connectivity index (χ0n) is 10.1. The average molecular weight is 218 g/mol. The van der Waals surface area contributed by atoms with Gasteiger partial charge in [0.2, 0.25) is 5.95 Å². The molecule has 4 nitrogen and oxygen atoms in total. The van der Waals surface area contributed by atoms with Crippen molar-refractivity contribution in [2.24, 2.45) is 7.05 Å². The minimum atomic E-state index is 0.952. The van der Waals surface area contributed by atoms with E-state index in [0.717, 1.165) is 24.6 Å². The second-order valence-electron chi connectivity index (χ2n) is 3.98. The van der Waals surface area contributed by atoms with E-state index >= 15 is 0 Å². The van der Waals surface area contributed by atoms with E-state index in [9.17, 15) is 0 Å². The summed E-state index contributed by atoms with van der Waals surface area (Å²) in [4.78, 5) is 6.79. The summed E-state index contributed by atoms with van der Waals surface area (Å²) in [6.45, 7) is 1.91. The molecule has 1 aromatic carbocycles. The number of aromatic nitrogens is 2. The van der Waals surface area contributed by atoms with Gasteiger partial charge in [-0.1, -0.05) is 12.1 Å². The highest BCUT2D eigenvalue weighted by Crippen LogP contribution is 2.19. The molecule has 0 saturated heterocycles. The maximum absolute atomic E-state index is 4.63. The number of rotatable bonds is 4. The van der Waals surface area contributed by atoms with E-state index < -0.39 is 0 Å². The Bertz CT molecular complexity index is 475. The van der Waals surface area contributed by atoms with E-state index in [1.807, 2.05) is 25.2 Å². The predicted octanol–water partition coefficient (Wildman–Crippen LogP) is 1.23. The summed E-state index contributed by atoms with van der Waals surface area (Å²) in [6.07, 6.45) is 0. The quantitative estimate of drug-likeness (QED) is 0.838. The SMILES string of the molecule is CNCCN(C)c1nc2ccccc2n1C. The van der Waals surface area contributed by atoms with Gasteiger partial charge in [0.05, 0.1) is 11.0 Å². The molecule has 4 heteroatoms. The highest BCUT2D eigenvalue weighted by molar-refractivity contribution is 5.78. The number of likely N-dealkylation sites (N-methyl/N-ethyl adjacent to an activating group) is 2. The van der Waals surface area contributed by atoms with Crippen LogP contribution in [0.3, 0.4) is 0 Å². The molecule has 2 aromatic rings. The van der Waals surface area contributed by atoms with E-state index in [1.165, 1.54) is 5.52 Å². The summed E-state index contributed by atoms with van der Waals surface area (Å²) in [5, 5.41) is 3.14. The van der Waals surface area contributed by atoms with Crippen LogP contribution in [0.4, 0.5) is 5.95 Å². The van der Waals surface area contributed by atoms with E-state index in [2.05, 4.69) is 39.9 Å². The normalized spacial score (nSPS) is 10.9. The van der Waals surface area contributed by atoms with Crippen LogP contribution in [-0.2, 0) is 7.05 Å². The van der Waals surface area contributed by atoms with Crippen LogP contribution < -0.4 is 10.2 Å². The molecule has 0 unspecified atom stereocenters. The van der Waals surface area contributed by atoms with Crippen LogP contribution in [0.25, 0.3) is 11.0 Å². The van der Waals surface area contributed by atoms with Gasteiger partial charge in [0.15, 0.2) is 0 Å². The number of hydrogen-bond donors (Lipinski definition) is 1. The number of nitrogens with one attached hydrogen (secondary N) is 1. The van der Waals surface area contributed by atoms with E-state index in [0.29, 0.717) is 0 Å². The second kappa shape index (κ2) is 4.53. The van der Waals surface area contributed by atoms with Crippen LogP contribution in [0.5, 0.6) is 0 Å². The molecule has 0 aliphatic rings. The summed E-state index contributed by atoms with van der Waals surface area (Å²) in [5.41, 5.74) is 2.23. The second-order valence-corrected chi connectivity index (χ2v) is 3.98. The zero-order chi connectivity index (χ0) is 11.5. The molecule has 0 spiro atoms. The molecule has 0 saturated carbocycles. The van der Waals surface area contributed by atoms with Gasteiger partial charge in [-0.15, -0.1) is 0 Å². The first kappa shape index (κ1) is 11.0. The Kier molecular flexibility index (Phi) is 3.10. The number of fused-ring (bicyclic) bond motifs is 1. The monoisotopic (exact) mass is 218 g/mol. The van der Waals surface area contributed by atoms with E-state index in [1.54, 1.807) is 0 Å². The van der Waals surface area contributed by atoms with Crippen LogP contribution in [0.1, 0.15) is 0 Å². The third-order valence-electron chi connectivity index (χ3n) is 2.80. The Labute approximate surface area is 95.9 Å². The maximum atomic E-state index is 4.63. The van der Waals surface area contributed by atoms with Crippen molar-refractivity contribution in [3.05, 3.63) is 24.3 Å². The number of aryl methyl sites for hydroxylation is 1. The summed E-state index contributed by atoms with van der Waals surface area (Å²) >= 11 is 0. The van der Waals surface area contributed by atoms with Crippen molar-refractivity contribution >= 4 is 17.0 Å². The Morgan fingerprint density at radius 1 is 1.38 bits per heavy atom. The predicted molar refractivity (Wildman–Crippen MR) is 67.9 cm³/mol. The van der Waals surface area contributed by atoms with Crippen LogP contribution in [-0.4, -0.2) is 36.7 Å². The first-order chi connectivity index (χ1) is 7.74. The van der Waals surface area contributed by atoms with Crippen molar-refractivity contribution in [1.29, 1.82) is 0 Å². The summed E-state index contributed by atoms with van der Waals surface area (Å²) in [7, 11) is 6.09. The molecule has 16 heavy (non-hydrogen) atoms. The van der Waals surface area contributed by atoms with Crippen molar-refractivity contribution < 1.29 is 0 Å². The Balaban J connectivity index is 2.33. The van der Waals surface area contributed by atoms with Gasteiger partial charge in [0.1, 0.15) is 0 Å². The summed E-state index contributed by atoms with van der Waals surface area (Å²) in [5.74, 6) is 1.01. The zero-order valence-corrected chi connectivity index (χ0v) is 10.1.